The zero-order valence-electron chi connectivity index (χ0n) is 22.3. The van der Waals surface area contributed by atoms with Crippen molar-refractivity contribution in [1.82, 2.24) is 10.2 Å². The number of hydrogen-bond acceptors (Lipinski definition) is 8. The first-order chi connectivity index (χ1) is 18.6. The zero-order chi connectivity index (χ0) is 28.1. The molecule has 2 aromatic carbocycles. The Labute approximate surface area is 226 Å². The summed E-state index contributed by atoms with van der Waals surface area (Å²) in [5.41, 5.74) is 2.23. The summed E-state index contributed by atoms with van der Waals surface area (Å²) in [5.74, 6) is -2.57. The van der Waals surface area contributed by atoms with E-state index in [4.69, 9.17) is 9.47 Å². The highest BCUT2D eigenvalue weighted by Gasteiger charge is 2.36. The molecule has 1 N–H and O–H groups in total. The van der Waals surface area contributed by atoms with Crippen molar-refractivity contribution in [2.24, 2.45) is 0 Å². The molecule has 2 heterocycles. The molecule has 2 fully saturated rings. The second kappa shape index (κ2) is 12.1. The lowest BCUT2D eigenvalue weighted by Gasteiger charge is -2.36. The van der Waals surface area contributed by atoms with E-state index in [1.807, 2.05) is 23.9 Å². The number of ether oxygens (including phenoxy) is 2. The van der Waals surface area contributed by atoms with E-state index < -0.39 is 29.8 Å². The van der Waals surface area contributed by atoms with Gasteiger partial charge in [-0.3, -0.25) is 14.4 Å². The number of carbonyl (C=O) groups is 4. The van der Waals surface area contributed by atoms with Crippen LogP contribution in [-0.4, -0.2) is 88.2 Å². The van der Waals surface area contributed by atoms with Crippen LogP contribution in [0.25, 0.3) is 0 Å². The largest absolute Gasteiger partial charge is 0.460 e. The van der Waals surface area contributed by atoms with Crippen molar-refractivity contribution in [1.29, 1.82) is 0 Å². The van der Waals surface area contributed by atoms with Gasteiger partial charge in [-0.05, 0) is 42.0 Å². The lowest BCUT2D eigenvalue weighted by molar-refractivity contribution is -0.142. The van der Waals surface area contributed by atoms with Gasteiger partial charge in [-0.1, -0.05) is 6.07 Å². The van der Waals surface area contributed by atoms with E-state index in [2.05, 4.69) is 5.32 Å². The maximum Gasteiger partial charge on any atom is 0.338 e. The van der Waals surface area contributed by atoms with Gasteiger partial charge in [0, 0.05) is 59.3 Å². The summed E-state index contributed by atoms with van der Waals surface area (Å²) in [6.45, 7) is 2.78. The number of nitrogens with one attached hydrogen (secondary N) is 1. The number of piperazine rings is 1. The topological polar surface area (TPSA) is 108 Å². The molecule has 0 spiro atoms. The fraction of sp³-hybridized carbons (Fsp3) is 0.429. The predicted octanol–water partition coefficient (Wildman–Crippen LogP) is 1.93. The standard InChI is InChI=1S/C28H33FN4O6/c1-18(34)30-16-22-15-23(28(37)39-22)20-6-9-25(24(29)14-20)32-10-12-33(13-11-32)26(35)17-38-27(36)19-4-7-21(8-5-19)31(2)3/h4-9,14,22-23H,10-13,15-17H2,1-3H3,(H,30,34). The van der Waals surface area contributed by atoms with Gasteiger partial charge in [-0.25, -0.2) is 9.18 Å². The van der Waals surface area contributed by atoms with Gasteiger partial charge in [0.05, 0.1) is 23.7 Å². The van der Waals surface area contributed by atoms with Gasteiger partial charge in [0.15, 0.2) is 6.61 Å². The molecule has 2 amide bonds. The molecule has 2 unspecified atom stereocenters. The normalized spacial score (nSPS) is 18.9. The molecule has 0 radical (unpaired) electrons. The van der Waals surface area contributed by atoms with Crippen LogP contribution in [-0.2, 0) is 23.9 Å². The van der Waals surface area contributed by atoms with Gasteiger partial charge < -0.3 is 29.5 Å². The number of rotatable bonds is 8. The summed E-state index contributed by atoms with van der Waals surface area (Å²) < 4.78 is 25.6. The Morgan fingerprint density at radius 3 is 2.38 bits per heavy atom. The number of nitrogens with zero attached hydrogens (tertiary/aromatic N) is 3. The van der Waals surface area contributed by atoms with Crippen molar-refractivity contribution in [3.63, 3.8) is 0 Å². The Hall–Kier alpha value is -4.15. The second-order valence-electron chi connectivity index (χ2n) is 9.88. The first-order valence-electron chi connectivity index (χ1n) is 12.8. The Morgan fingerprint density at radius 2 is 1.77 bits per heavy atom. The van der Waals surface area contributed by atoms with E-state index in [-0.39, 0.29) is 25.0 Å². The molecule has 2 aliphatic rings. The monoisotopic (exact) mass is 540 g/mol. The average Bonchev–Trinajstić information content (AvgIpc) is 3.30. The number of anilines is 2. The molecular formula is C28H33FN4O6. The third kappa shape index (κ3) is 6.84. The number of esters is 2. The minimum absolute atomic E-state index is 0.210. The zero-order valence-corrected chi connectivity index (χ0v) is 22.3. The van der Waals surface area contributed by atoms with Crippen molar-refractivity contribution >= 4 is 35.1 Å². The molecular weight excluding hydrogens is 507 g/mol. The number of hydrogen-bond donors (Lipinski definition) is 1. The number of halogens is 1. The molecule has 11 heteroatoms. The minimum Gasteiger partial charge on any atom is -0.460 e. The smallest absolute Gasteiger partial charge is 0.338 e. The van der Waals surface area contributed by atoms with Crippen LogP contribution >= 0.6 is 0 Å². The molecule has 2 aliphatic heterocycles. The van der Waals surface area contributed by atoms with Gasteiger partial charge in [0.1, 0.15) is 11.9 Å². The van der Waals surface area contributed by atoms with Crippen LogP contribution in [0.15, 0.2) is 42.5 Å². The predicted molar refractivity (Wildman–Crippen MR) is 142 cm³/mol. The quantitative estimate of drug-likeness (QED) is 0.506. The molecule has 0 saturated carbocycles. The van der Waals surface area contributed by atoms with E-state index in [0.717, 1.165) is 5.69 Å². The molecule has 2 saturated heterocycles. The van der Waals surface area contributed by atoms with E-state index in [1.165, 1.54) is 13.0 Å². The summed E-state index contributed by atoms with van der Waals surface area (Å²) in [5, 5.41) is 2.63. The van der Waals surface area contributed by atoms with Crippen LogP contribution < -0.4 is 15.1 Å². The summed E-state index contributed by atoms with van der Waals surface area (Å²) in [4.78, 5) is 53.7. The van der Waals surface area contributed by atoms with Crippen molar-refractivity contribution in [2.75, 3.05) is 63.2 Å². The van der Waals surface area contributed by atoms with E-state index in [9.17, 15) is 19.2 Å². The van der Waals surface area contributed by atoms with Crippen molar-refractivity contribution in [2.45, 2.75) is 25.4 Å². The molecule has 2 atom stereocenters. The Bertz CT molecular complexity index is 1230. The molecule has 39 heavy (non-hydrogen) atoms. The Morgan fingerprint density at radius 1 is 1.08 bits per heavy atom. The third-order valence-electron chi connectivity index (χ3n) is 6.94. The van der Waals surface area contributed by atoms with Gasteiger partial charge in [-0.2, -0.15) is 0 Å². The third-order valence-corrected chi connectivity index (χ3v) is 6.94. The first kappa shape index (κ1) is 27.9. The van der Waals surface area contributed by atoms with Crippen LogP contribution in [0, 0.1) is 5.82 Å². The van der Waals surface area contributed by atoms with Crippen LogP contribution in [0.2, 0.25) is 0 Å². The highest BCUT2D eigenvalue weighted by molar-refractivity contribution is 5.91. The lowest BCUT2D eigenvalue weighted by atomic mass is 9.95. The summed E-state index contributed by atoms with van der Waals surface area (Å²) in [6.07, 6.45) is -0.0763. The summed E-state index contributed by atoms with van der Waals surface area (Å²) in [6, 6.07) is 11.6. The van der Waals surface area contributed by atoms with Crippen LogP contribution in [0.4, 0.5) is 15.8 Å². The average molecular weight is 541 g/mol. The van der Waals surface area contributed by atoms with Gasteiger partial charge in [0.2, 0.25) is 5.91 Å². The fourth-order valence-corrected chi connectivity index (χ4v) is 4.70. The lowest BCUT2D eigenvalue weighted by Crippen LogP contribution is -2.50. The van der Waals surface area contributed by atoms with Crippen LogP contribution in [0.3, 0.4) is 0 Å². The van der Waals surface area contributed by atoms with Crippen molar-refractivity contribution < 1.29 is 33.0 Å². The highest BCUT2D eigenvalue weighted by Crippen LogP contribution is 2.33. The SMILES string of the molecule is CC(=O)NCC1CC(c2ccc(N3CCN(C(=O)COC(=O)c4ccc(N(C)C)cc4)CC3)c(F)c2)C(=O)O1. The number of benzene rings is 2. The van der Waals surface area contributed by atoms with Crippen molar-refractivity contribution in [3.05, 3.63) is 59.4 Å². The molecule has 0 bridgehead atoms. The summed E-state index contributed by atoms with van der Waals surface area (Å²) in [7, 11) is 3.80. The van der Waals surface area contributed by atoms with E-state index >= 15 is 4.39 Å². The van der Waals surface area contributed by atoms with Gasteiger partial charge >= 0.3 is 11.9 Å². The number of carbonyl (C=O) groups excluding carboxylic acids is 4. The van der Waals surface area contributed by atoms with Crippen LogP contribution in [0.5, 0.6) is 0 Å². The second-order valence-corrected chi connectivity index (χ2v) is 9.88. The maximum absolute atomic E-state index is 15.1. The Kier molecular flexibility index (Phi) is 8.68. The van der Waals surface area contributed by atoms with Gasteiger partial charge in [0.25, 0.3) is 5.91 Å². The number of amides is 2. The minimum atomic E-state index is -0.588. The first-order valence-corrected chi connectivity index (χ1v) is 12.8. The molecule has 0 aliphatic carbocycles. The highest BCUT2D eigenvalue weighted by atomic mass is 19.1. The summed E-state index contributed by atoms with van der Waals surface area (Å²) >= 11 is 0. The number of cyclic esters (lactones) is 1. The molecule has 10 nitrogen and oxygen atoms in total. The molecule has 2 aromatic rings. The Balaban J connectivity index is 1.26. The van der Waals surface area contributed by atoms with Gasteiger partial charge in [-0.15, -0.1) is 0 Å². The molecule has 4 rings (SSSR count). The molecule has 0 aromatic heterocycles. The van der Waals surface area contributed by atoms with E-state index in [0.29, 0.717) is 49.4 Å². The maximum atomic E-state index is 15.1. The van der Waals surface area contributed by atoms with Crippen LogP contribution in [0.1, 0.15) is 35.2 Å². The van der Waals surface area contributed by atoms with Crippen molar-refractivity contribution in [3.8, 4) is 0 Å². The molecule has 208 valence electrons. The van der Waals surface area contributed by atoms with E-state index in [1.54, 1.807) is 41.3 Å². The fourth-order valence-electron chi connectivity index (χ4n) is 4.70.